The number of carbonyl (C=O) groups excluding carboxylic acids is 1. The highest BCUT2D eigenvalue weighted by molar-refractivity contribution is 7.89. The Hall–Kier alpha value is -2.19. The molecule has 0 N–H and O–H groups in total. The molecule has 4 rings (SSSR count). The molecule has 2 heterocycles. The van der Waals surface area contributed by atoms with Crippen molar-refractivity contribution >= 4 is 29.9 Å². The Labute approximate surface area is 197 Å². The fourth-order valence-electron chi connectivity index (χ4n) is 6.65. The third-order valence-corrected chi connectivity index (χ3v) is 16.3. The van der Waals surface area contributed by atoms with Gasteiger partial charge in [0.1, 0.15) is 0 Å². The third kappa shape index (κ3) is 3.13. The zero-order valence-electron chi connectivity index (χ0n) is 20.1. The van der Waals surface area contributed by atoms with Gasteiger partial charge >= 0.3 is 0 Å². The second kappa shape index (κ2) is 7.94. The van der Waals surface area contributed by atoms with Gasteiger partial charge in [0.2, 0.25) is 5.91 Å². The Balaban J connectivity index is 2.03. The van der Waals surface area contributed by atoms with E-state index < -0.39 is 42.4 Å². The number of sulfonamides is 1. The predicted octanol–water partition coefficient (Wildman–Crippen LogP) is 5.79. The lowest BCUT2D eigenvalue weighted by Crippen LogP contribution is -2.67. The Kier molecular flexibility index (Phi) is 5.76. The first-order chi connectivity index (χ1) is 15.4. The van der Waals surface area contributed by atoms with Gasteiger partial charge in [0.25, 0.3) is 10.0 Å². The van der Waals surface area contributed by atoms with Gasteiger partial charge < -0.3 is 4.57 Å². The molecule has 0 bridgehead atoms. The van der Waals surface area contributed by atoms with E-state index >= 15 is 4.39 Å². The van der Waals surface area contributed by atoms with Crippen molar-refractivity contribution in [1.82, 2.24) is 4.31 Å². The molecule has 178 valence electrons. The van der Waals surface area contributed by atoms with Crippen molar-refractivity contribution in [3.63, 3.8) is 0 Å². The number of hydrogen-bond donors (Lipinski definition) is 0. The minimum absolute atomic E-state index is 0.00409. The smallest absolute Gasteiger partial charge is 0.268 e. The minimum atomic E-state index is -4.24. The van der Waals surface area contributed by atoms with E-state index in [-0.39, 0.29) is 21.5 Å². The zero-order chi connectivity index (χ0) is 24.3. The van der Waals surface area contributed by atoms with Crippen LogP contribution in [0.15, 0.2) is 59.5 Å². The van der Waals surface area contributed by atoms with E-state index in [0.717, 1.165) is 9.99 Å². The number of benzene rings is 2. The Bertz CT molecular complexity index is 1150. The Morgan fingerprint density at radius 1 is 0.909 bits per heavy atom. The molecule has 2 aliphatic heterocycles. The SMILES string of the molecule is CC(C)[Si](C(C)C)(C(C)C)N1c2ccccc2[C@]2(F)CC(=O)N(S(=O)(=O)c3ccccc3)[C@H]12. The topological polar surface area (TPSA) is 57.7 Å². The van der Waals surface area contributed by atoms with Crippen LogP contribution in [-0.2, 0) is 20.5 Å². The summed E-state index contributed by atoms with van der Waals surface area (Å²) < 4.78 is 47.6. The summed E-state index contributed by atoms with van der Waals surface area (Å²) in [6.07, 6.45) is -1.69. The summed E-state index contributed by atoms with van der Waals surface area (Å²) in [4.78, 5) is 13.3. The van der Waals surface area contributed by atoms with Crippen LogP contribution in [0, 0.1) is 0 Å². The number of nitrogens with zero attached hydrogens (tertiary/aromatic N) is 2. The van der Waals surface area contributed by atoms with Crippen molar-refractivity contribution in [1.29, 1.82) is 0 Å². The molecule has 8 heteroatoms. The first-order valence-corrected chi connectivity index (χ1v) is 15.2. The normalized spacial score (nSPS) is 23.1. The minimum Gasteiger partial charge on any atom is -0.373 e. The van der Waals surface area contributed by atoms with Crippen molar-refractivity contribution in [3.05, 3.63) is 60.2 Å². The van der Waals surface area contributed by atoms with Crippen LogP contribution >= 0.6 is 0 Å². The largest absolute Gasteiger partial charge is 0.373 e. The predicted molar refractivity (Wildman–Crippen MR) is 132 cm³/mol. The standard InChI is InChI=1S/C25H33FN2O3SSi/c1-17(2)33(18(3)4,19(5)6)28-22-15-11-10-14-21(22)25(26)16-23(29)27(24(25)28)32(30,31)20-12-8-7-9-13-20/h7-15,17-19,24H,16H2,1-6H3/t24-,25-/m1/s1. The van der Waals surface area contributed by atoms with Gasteiger partial charge in [-0.15, -0.1) is 0 Å². The molecule has 33 heavy (non-hydrogen) atoms. The third-order valence-electron chi connectivity index (χ3n) is 7.63. The average Bonchev–Trinajstić information content (AvgIpc) is 3.15. The molecular formula is C25H33FN2O3SSi. The van der Waals surface area contributed by atoms with Gasteiger partial charge in [0.15, 0.2) is 20.1 Å². The average molecular weight is 489 g/mol. The van der Waals surface area contributed by atoms with E-state index in [0.29, 0.717) is 5.56 Å². The Morgan fingerprint density at radius 2 is 1.42 bits per heavy atom. The molecule has 1 amide bonds. The number of hydrogen-bond acceptors (Lipinski definition) is 4. The molecule has 0 saturated carbocycles. The van der Waals surface area contributed by atoms with Crippen LogP contribution in [-0.4, -0.2) is 33.0 Å². The van der Waals surface area contributed by atoms with Gasteiger partial charge in [-0.05, 0) is 34.8 Å². The fraction of sp³-hybridized carbons (Fsp3) is 0.480. The summed E-state index contributed by atoms with van der Waals surface area (Å²) in [5.41, 5.74) is -0.340. The summed E-state index contributed by atoms with van der Waals surface area (Å²) in [5, 5.41) is 0. The summed E-state index contributed by atoms with van der Waals surface area (Å²) in [7, 11) is -6.84. The number of para-hydroxylation sites is 1. The second-order valence-corrected chi connectivity index (χ2v) is 17.7. The number of amides is 1. The van der Waals surface area contributed by atoms with E-state index in [9.17, 15) is 13.2 Å². The highest BCUT2D eigenvalue weighted by Gasteiger charge is 2.69. The van der Waals surface area contributed by atoms with Crippen molar-refractivity contribution in [3.8, 4) is 0 Å². The highest BCUT2D eigenvalue weighted by Crippen LogP contribution is 2.60. The fourth-order valence-corrected chi connectivity index (χ4v) is 15.3. The van der Waals surface area contributed by atoms with Gasteiger partial charge in [0, 0.05) is 11.3 Å². The van der Waals surface area contributed by atoms with Crippen LogP contribution in [0.25, 0.3) is 0 Å². The second-order valence-electron chi connectivity index (χ2n) is 10.2. The van der Waals surface area contributed by atoms with Crippen molar-refractivity contribution in [2.24, 2.45) is 0 Å². The molecule has 0 aliphatic carbocycles. The highest BCUT2D eigenvalue weighted by atomic mass is 32.2. The Morgan fingerprint density at radius 3 is 1.97 bits per heavy atom. The molecule has 2 aromatic carbocycles. The number of rotatable bonds is 6. The van der Waals surface area contributed by atoms with Gasteiger partial charge in [-0.25, -0.2) is 17.1 Å². The van der Waals surface area contributed by atoms with Gasteiger partial charge in [-0.3, -0.25) is 4.79 Å². The summed E-state index contributed by atoms with van der Waals surface area (Å²) in [6.45, 7) is 12.9. The maximum absolute atomic E-state index is 17.1. The molecule has 0 unspecified atom stereocenters. The summed E-state index contributed by atoms with van der Waals surface area (Å²) >= 11 is 0. The molecule has 1 fully saturated rings. The molecule has 5 nitrogen and oxygen atoms in total. The van der Waals surface area contributed by atoms with Crippen molar-refractivity contribution < 1.29 is 17.6 Å². The molecular weight excluding hydrogens is 455 g/mol. The van der Waals surface area contributed by atoms with Crippen LogP contribution in [0.2, 0.25) is 16.6 Å². The lowest BCUT2D eigenvalue weighted by atomic mass is 9.95. The molecule has 0 spiro atoms. The maximum Gasteiger partial charge on any atom is 0.268 e. The number of halogens is 1. The van der Waals surface area contributed by atoms with E-state index in [4.69, 9.17) is 0 Å². The van der Waals surface area contributed by atoms with Crippen LogP contribution in [0.5, 0.6) is 0 Å². The van der Waals surface area contributed by atoms with Crippen LogP contribution in [0.4, 0.5) is 10.1 Å². The van der Waals surface area contributed by atoms with Crippen molar-refractivity contribution in [2.45, 2.75) is 81.3 Å². The summed E-state index contributed by atoms with van der Waals surface area (Å²) in [5.74, 6) is -0.690. The molecule has 1 saturated heterocycles. The van der Waals surface area contributed by atoms with Gasteiger partial charge in [0.05, 0.1) is 11.3 Å². The van der Waals surface area contributed by atoms with Crippen molar-refractivity contribution in [2.75, 3.05) is 4.57 Å². The first kappa shape index (κ1) is 23.9. The summed E-state index contributed by atoms with van der Waals surface area (Å²) in [6, 6.07) is 15.1. The van der Waals surface area contributed by atoms with Crippen LogP contribution in [0.3, 0.4) is 0 Å². The quantitative estimate of drug-likeness (QED) is 0.483. The van der Waals surface area contributed by atoms with Crippen LogP contribution in [0.1, 0.15) is 53.5 Å². The molecule has 2 aromatic rings. The van der Waals surface area contributed by atoms with E-state index in [2.05, 4.69) is 46.1 Å². The van der Waals surface area contributed by atoms with Gasteiger partial charge in [-0.1, -0.05) is 77.9 Å². The van der Waals surface area contributed by atoms with E-state index in [1.165, 1.54) is 12.1 Å². The zero-order valence-corrected chi connectivity index (χ0v) is 21.9. The maximum atomic E-state index is 17.1. The van der Waals surface area contributed by atoms with E-state index in [1.54, 1.807) is 30.3 Å². The molecule has 0 aromatic heterocycles. The molecule has 2 atom stereocenters. The number of carbonyl (C=O) groups is 1. The number of alkyl halides is 1. The number of fused-ring (bicyclic) bond motifs is 3. The van der Waals surface area contributed by atoms with Crippen LogP contribution < -0.4 is 4.57 Å². The van der Waals surface area contributed by atoms with E-state index in [1.807, 2.05) is 12.1 Å². The lowest BCUT2D eigenvalue weighted by molar-refractivity contribution is -0.124. The first-order valence-electron chi connectivity index (χ1n) is 11.6. The monoisotopic (exact) mass is 488 g/mol. The van der Waals surface area contributed by atoms with Gasteiger partial charge in [-0.2, -0.15) is 0 Å². The number of anilines is 1. The molecule has 0 radical (unpaired) electrons. The molecule has 2 aliphatic rings. The lowest BCUT2D eigenvalue weighted by Gasteiger charge is -2.54.